The first kappa shape index (κ1) is 22.4. The molecule has 1 N–H and O–H groups in total. The van der Waals surface area contributed by atoms with Gasteiger partial charge in [-0.2, -0.15) is 5.11 Å². The number of ether oxygens (including phenoxy) is 2. The van der Waals surface area contributed by atoms with Crippen molar-refractivity contribution in [1.29, 1.82) is 0 Å². The zero-order chi connectivity index (χ0) is 22.6. The summed E-state index contributed by atoms with van der Waals surface area (Å²) in [6.45, 7) is 2.14. The van der Waals surface area contributed by atoms with Crippen LogP contribution in [0.4, 0.5) is 10.5 Å². The number of nitrogens with one attached hydrogen (secondary N) is 1. The molecule has 0 atom stereocenters. The minimum absolute atomic E-state index is 0.104. The lowest BCUT2D eigenvalue weighted by molar-refractivity contribution is -0.139. The first-order valence-corrected chi connectivity index (χ1v) is 9.97. The van der Waals surface area contributed by atoms with Crippen molar-refractivity contribution in [1.82, 2.24) is 0 Å². The summed E-state index contributed by atoms with van der Waals surface area (Å²) in [4.78, 5) is 23.7. The molecule has 0 bridgehead atoms. The van der Waals surface area contributed by atoms with Crippen LogP contribution in [0.1, 0.15) is 18.1 Å². The summed E-state index contributed by atoms with van der Waals surface area (Å²) >= 11 is 0. The fourth-order valence-corrected chi connectivity index (χ4v) is 2.61. The molecule has 3 aromatic carbocycles. The van der Waals surface area contributed by atoms with Crippen molar-refractivity contribution in [3.05, 3.63) is 108 Å². The second-order valence-electron chi connectivity index (χ2n) is 6.81. The molecule has 0 aliphatic rings. The second-order valence-corrected chi connectivity index (χ2v) is 6.81. The smallest absolute Gasteiger partial charge is 0.364 e. The normalized spacial score (nSPS) is 11.2. The third kappa shape index (κ3) is 7.87. The van der Waals surface area contributed by atoms with Gasteiger partial charge in [-0.3, -0.25) is 0 Å². The van der Waals surface area contributed by atoms with Crippen LogP contribution in [0, 0.1) is 0 Å². The van der Waals surface area contributed by atoms with Gasteiger partial charge in [0, 0.05) is 11.8 Å². The third-order valence-corrected chi connectivity index (χ3v) is 4.20. The number of para-hydroxylation sites is 1. The Hall–Kier alpha value is -4.26. The molecular formula is C25H23N3O4. The van der Waals surface area contributed by atoms with Crippen molar-refractivity contribution >= 4 is 17.7 Å². The van der Waals surface area contributed by atoms with Crippen LogP contribution >= 0.6 is 0 Å². The number of azo groups is 1. The molecule has 0 aliphatic carbocycles. The van der Waals surface area contributed by atoms with Gasteiger partial charge in [-0.05, 0) is 42.3 Å². The number of esters is 1. The van der Waals surface area contributed by atoms with Gasteiger partial charge >= 0.3 is 12.0 Å². The second kappa shape index (κ2) is 11.8. The lowest BCUT2D eigenvalue weighted by Gasteiger charge is -2.07. The van der Waals surface area contributed by atoms with Gasteiger partial charge in [-0.15, -0.1) is 0 Å². The minimum Gasteiger partial charge on any atom is -0.489 e. The highest BCUT2D eigenvalue weighted by atomic mass is 16.5. The summed E-state index contributed by atoms with van der Waals surface area (Å²) in [5.74, 6) is 0.156. The molecule has 0 spiro atoms. The maximum atomic E-state index is 12.0. The molecular weight excluding hydrogens is 406 g/mol. The van der Waals surface area contributed by atoms with Gasteiger partial charge in [0.15, 0.2) is 0 Å². The first-order valence-electron chi connectivity index (χ1n) is 9.97. The van der Waals surface area contributed by atoms with Gasteiger partial charge in [0.1, 0.15) is 19.0 Å². The van der Waals surface area contributed by atoms with E-state index < -0.39 is 12.0 Å². The Labute approximate surface area is 186 Å². The van der Waals surface area contributed by atoms with Crippen molar-refractivity contribution in [3.63, 3.8) is 0 Å². The monoisotopic (exact) mass is 429 g/mol. The maximum absolute atomic E-state index is 12.0. The van der Waals surface area contributed by atoms with Crippen molar-refractivity contribution in [2.45, 2.75) is 20.1 Å². The number of carbonyl (C=O) groups excluding carboxylic acids is 2. The summed E-state index contributed by atoms with van der Waals surface area (Å²) in [5, 5.41) is 9.82. The quantitative estimate of drug-likeness (QED) is 0.274. The fraction of sp³-hybridized carbons (Fsp3) is 0.120. The first-order chi connectivity index (χ1) is 15.6. The highest BCUT2D eigenvalue weighted by Crippen LogP contribution is 2.15. The maximum Gasteiger partial charge on any atom is 0.364 e. The molecule has 0 aromatic heterocycles. The van der Waals surface area contributed by atoms with Gasteiger partial charge in [-0.25, -0.2) is 9.59 Å². The average molecular weight is 429 g/mol. The minimum atomic E-state index is -0.633. The average Bonchev–Trinajstić information content (AvgIpc) is 2.82. The number of allylic oxidation sites excluding steroid dienone is 1. The number of hydrogen-bond acceptors (Lipinski definition) is 5. The number of amides is 2. The fourth-order valence-electron chi connectivity index (χ4n) is 2.61. The molecule has 0 fully saturated rings. The molecule has 7 heteroatoms. The number of carbonyl (C=O) groups is 2. The van der Waals surface area contributed by atoms with E-state index in [1.54, 1.807) is 31.2 Å². The number of anilines is 1. The molecule has 32 heavy (non-hydrogen) atoms. The summed E-state index contributed by atoms with van der Waals surface area (Å²) in [6.07, 6.45) is 1.18. The molecule has 0 aliphatic heterocycles. The van der Waals surface area contributed by atoms with E-state index in [0.29, 0.717) is 12.3 Å². The van der Waals surface area contributed by atoms with Gasteiger partial charge in [0.25, 0.3) is 0 Å². The van der Waals surface area contributed by atoms with Gasteiger partial charge in [-0.1, -0.05) is 65.8 Å². The van der Waals surface area contributed by atoms with E-state index in [1.807, 2.05) is 60.7 Å². The highest BCUT2D eigenvalue weighted by Gasteiger charge is 2.03. The van der Waals surface area contributed by atoms with Gasteiger partial charge < -0.3 is 14.8 Å². The number of nitrogens with zero attached hydrogens (tertiary/aromatic N) is 2. The Morgan fingerprint density at radius 2 is 1.44 bits per heavy atom. The Bertz CT molecular complexity index is 1080. The summed E-state index contributed by atoms with van der Waals surface area (Å²) in [6, 6.07) is 25.5. The van der Waals surface area contributed by atoms with Crippen molar-refractivity contribution in [2.24, 2.45) is 10.2 Å². The van der Waals surface area contributed by atoms with Gasteiger partial charge in [0.05, 0.1) is 5.70 Å². The van der Waals surface area contributed by atoms with Crippen LogP contribution in [0.15, 0.2) is 107 Å². The topological polar surface area (TPSA) is 89.3 Å². The molecule has 7 nitrogen and oxygen atoms in total. The molecule has 0 radical (unpaired) electrons. The number of urea groups is 1. The molecule has 2 amide bonds. The van der Waals surface area contributed by atoms with E-state index in [9.17, 15) is 9.59 Å². The van der Waals surface area contributed by atoms with E-state index in [1.165, 1.54) is 6.08 Å². The van der Waals surface area contributed by atoms with E-state index >= 15 is 0 Å². The Morgan fingerprint density at radius 1 is 0.812 bits per heavy atom. The standard InChI is InChI=1S/C25H23N3O4/c1-19(27-28-25(30)26-22-10-6-3-7-11-22)16-24(29)32-18-21-12-14-23(15-13-21)31-17-20-8-4-2-5-9-20/h2-16H,17-18H2,1H3,(H,26,30)/b19-16+,28-27?. The molecule has 3 rings (SSSR count). The number of benzene rings is 3. The van der Waals surface area contributed by atoms with E-state index in [4.69, 9.17) is 9.47 Å². The van der Waals surface area contributed by atoms with E-state index in [2.05, 4.69) is 15.5 Å². The lowest BCUT2D eigenvalue weighted by atomic mass is 10.2. The van der Waals surface area contributed by atoms with Crippen LogP contribution in [0.25, 0.3) is 0 Å². The van der Waals surface area contributed by atoms with E-state index in [0.717, 1.165) is 16.9 Å². The SMILES string of the molecule is C/C(=C\C(=O)OCc1ccc(OCc2ccccc2)cc1)N=NC(=O)Nc1ccccc1. The van der Waals surface area contributed by atoms with Crippen LogP contribution in [0.2, 0.25) is 0 Å². The third-order valence-electron chi connectivity index (χ3n) is 4.20. The number of rotatable bonds is 8. The van der Waals surface area contributed by atoms with Crippen molar-refractivity contribution < 1.29 is 19.1 Å². The Morgan fingerprint density at radius 3 is 2.12 bits per heavy atom. The van der Waals surface area contributed by atoms with Crippen LogP contribution in [0.3, 0.4) is 0 Å². The molecule has 0 unspecified atom stereocenters. The summed E-state index contributed by atoms with van der Waals surface area (Å²) in [5.41, 5.74) is 2.76. The predicted molar refractivity (Wildman–Crippen MR) is 121 cm³/mol. The van der Waals surface area contributed by atoms with Crippen LogP contribution in [0.5, 0.6) is 5.75 Å². The van der Waals surface area contributed by atoms with Crippen LogP contribution in [-0.4, -0.2) is 12.0 Å². The van der Waals surface area contributed by atoms with Crippen LogP contribution in [-0.2, 0) is 22.7 Å². The molecule has 0 saturated carbocycles. The molecule has 162 valence electrons. The summed E-state index contributed by atoms with van der Waals surface area (Å²) in [7, 11) is 0. The predicted octanol–water partition coefficient (Wildman–Crippen LogP) is 5.90. The largest absolute Gasteiger partial charge is 0.489 e. The van der Waals surface area contributed by atoms with E-state index in [-0.39, 0.29) is 12.3 Å². The lowest BCUT2D eigenvalue weighted by Crippen LogP contribution is -2.05. The Balaban J connectivity index is 1.42. The summed E-state index contributed by atoms with van der Waals surface area (Å²) < 4.78 is 10.9. The molecule has 0 saturated heterocycles. The zero-order valence-corrected chi connectivity index (χ0v) is 17.6. The zero-order valence-electron chi connectivity index (χ0n) is 17.6. The van der Waals surface area contributed by atoms with Crippen LogP contribution < -0.4 is 10.1 Å². The molecule has 0 heterocycles. The molecule has 3 aromatic rings. The van der Waals surface area contributed by atoms with Crippen molar-refractivity contribution in [2.75, 3.05) is 5.32 Å². The van der Waals surface area contributed by atoms with Crippen molar-refractivity contribution in [3.8, 4) is 5.75 Å². The Kier molecular flexibility index (Phi) is 8.27. The number of hydrogen-bond donors (Lipinski definition) is 1. The van der Waals surface area contributed by atoms with Gasteiger partial charge in [0.2, 0.25) is 0 Å². The highest BCUT2D eigenvalue weighted by molar-refractivity contribution is 5.89.